The monoisotopic (exact) mass is 432 g/mol. The number of hydrogen-bond donors (Lipinski definition) is 0. The van der Waals surface area contributed by atoms with E-state index in [-0.39, 0.29) is 24.6 Å². The molecule has 1 aromatic heterocycles. The summed E-state index contributed by atoms with van der Waals surface area (Å²) in [5.74, 6) is -0.182. The van der Waals surface area contributed by atoms with Crippen molar-refractivity contribution in [2.45, 2.75) is 44.6 Å². The summed E-state index contributed by atoms with van der Waals surface area (Å²) in [5, 5.41) is 0. The Morgan fingerprint density at radius 3 is 2.23 bits per heavy atom. The molecule has 1 aliphatic rings. The molecule has 0 aliphatic carbocycles. The molecule has 162 valence electrons. The van der Waals surface area contributed by atoms with Crippen molar-refractivity contribution in [1.29, 1.82) is 0 Å². The summed E-state index contributed by atoms with van der Waals surface area (Å²) in [7, 11) is -1.77. The number of carbonyl (C=O) groups is 1. The van der Waals surface area contributed by atoms with Crippen LogP contribution < -0.4 is 4.74 Å². The topological polar surface area (TPSA) is 92.7 Å². The molecule has 9 heteroatoms. The van der Waals surface area contributed by atoms with Gasteiger partial charge in [0.05, 0.1) is 4.90 Å². The standard InChI is InChI=1S/C21H28N4O4S/c1-15-16(2)22-21(23-17(15)3)29-14-20(26)24(4)18-10-12-25(13-11-18)30(27,28)19-8-6-5-7-9-19/h5-9,18H,10-14H2,1-4H3. The summed E-state index contributed by atoms with van der Waals surface area (Å²) in [4.78, 5) is 23.0. The van der Waals surface area contributed by atoms with E-state index < -0.39 is 10.0 Å². The van der Waals surface area contributed by atoms with Gasteiger partial charge in [0.25, 0.3) is 5.91 Å². The van der Waals surface area contributed by atoms with Crippen LogP contribution in [0.1, 0.15) is 29.8 Å². The Morgan fingerprint density at radius 1 is 1.10 bits per heavy atom. The van der Waals surface area contributed by atoms with Gasteiger partial charge in [-0.05, 0) is 51.3 Å². The van der Waals surface area contributed by atoms with E-state index in [1.165, 1.54) is 4.31 Å². The predicted octanol–water partition coefficient (Wildman–Crippen LogP) is 2.09. The van der Waals surface area contributed by atoms with E-state index in [2.05, 4.69) is 9.97 Å². The summed E-state index contributed by atoms with van der Waals surface area (Å²) in [6, 6.07) is 8.58. The van der Waals surface area contributed by atoms with Gasteiger partial charge in [0.2, 0.25) is 10.0 Å². The maximum Gasteiger partial charge on any atom is 0.317 e. The molecule has 0 atom stereocenters. The van der Waals surface area contributed by atoms with Gasteiger partial charge in [-0.15, -0.1) is 0 Å². The Hall–Kier alpha value is -2.52. The van der Waals surface area contributed by atoms with Crippen molar-refractivity contribution in [2.75, 3.05) is 26.7 Å². The molecule has 0 N–H and O–H groups in total. The Morgan fingerprint density at radius 2 is 1.67 bits per heavy atom. The molecule has 0 saturated carbocycles. The second kappa shape index (κ2) is 9.09. The van der Waals surface area contributed by atoms with Gasteiger partial charge in [0.1, 0.15) is 0 Å². The quantitative estimate of drug-likeness (QED) is 0.694. The number of rotatable bonds is 6. The number of amides is 1. The molecule has 1 aromatic carbocycles. The van der Waals surface area contributed by atoms with Gasteiger partial charge in [0.15, 0.2) is 6.61 Å². The van der Waals surface area contributed by atoms with Crippen LogP contribution in [0.5, 0.6) is 6.01 Å². The zero-order valence-corrected chi connectivity index (χ0v) is 18.6. The normalized spacial score (nSPS) is 15.7. The Bertz CT molecular complexity index is 980. The van der Waals surface area contributed by atoms with Gasteiger partial charge in [-0.25, -0.2) is 18.4 Å². The maximum absolute atomic E-state index is 12.7. The van der Waals surface area contributed by atoms with Crippen LogP contribution in [0.25, 0.3) is 0 Å². The van der Waals surface area contributed by atoms with Crippen molar-refractivity contribution in [3.63, 3.8) is 0 Å². The fourth-order valence-electron chi connectivity index (χ4n) is 3.45. The fraction of sp³-hybridized carbons (Fsp3) is 0.476. The minimum atomic E-state index is -3.50. The first-order chi connectivity index (χ1) is 14.2. The highest BCUT2D eigenvalue weighted by atomic mass is 32.2. The smallest absolute Gasteiger partial charge is 0.317 e. The van der Waals surface area contributed by atoms with Crippen LogP contribution in [0.3, 0.4) is 0 Å². The minimum Gasteiger partial charge on any atom is -0.453 e. The van der Waals surface area contributed by atoms with Gasteiger partial charge in [0, 0.05) is 37.6 Å². The van der Waals surface area contributed by atoms with Crippen LogP contribution in [-0.2, 0) is 14.8 Å². The minimum absolute atomic E-state index is 0.0364. The van der Waals surface area contributed by atoms with Gasteiger partial charge in [-0.1, -0.05) is 18.2 Å². The van der Waals surface area contributed by atoms with Gasteiger partial charge >= 0.3 is 6.01 Å². The number of carbonyl (C=O) groups excluding carboxylic acids is 1. The number of hydrogen-bond acceptors (Lipinski definition) is 6. The molecule has 2 heterocycles. The molecule has 2 aromatic rings. The summed E-state index contributed by atoms with van der Waals surface area (Å²) in [5.41, 5.74) is 2.65. The number of aromatic nitrogens is 2. The van der Waals surface area contributed by atoms with E-state index in [1.807, 2.05) is 20.8 Å². The first kappa shape index (κ1) is 22.2. The van der Waals surface area contributed by atoms with Crippen molar-refractivity contribution >= 4 is 15.9 Å². The third kappa shape index (κ3) is 4.79. The maximum atomic E-state index is 12.7. The van der Waals surface area contributed by atoms with Crippen molar-refractivity contribution in [1.82, 2.24) is 19.2 Å². The number of sulfonamides is 1. The largest absolute Gasteiger partial charge is 0.453 e. The lowest BCUT2D eigenvalue weighted by molar-refractivity contribution is -0.135. The SMILES string of the molecule is Cc1nc(OCC(=O)N(C)C2CCN(S(=O)(=O)c3ccccc3)CC2)nc(C)c1C. The number of aryl methyl sites for hydroxylation is 2. The number of likely N-dealkylation sites (N-methyl/N-ethyl adjacent to an activating group) is 1. The molecule has 1 aliphatic heterocycles. The highest BCUT2D eigenvalue weighted by molar-refractivity contribution is 7.89. The third-order valence-electron chi connectivity index (χ3n) is 5.68. The lowest BCUT2D eigenvalue weighted by Gasteiger charge is -2.36. The molecular weight excluding hydrogens is 404 g/mol. The summed E-state index contributed by atoms with van der Waals surface area (Å²) in [6.45, 7) is 6.29. The van der Waals surface area contributed by atoms with Crippen molar-refractivity contribution in [3.8, 4) is 6.01 Å². The van der Waals surface area contributed by atoms with E-state index in [4.69, 9.17) is 4.74 Å². The molecule has 0 spiro atoms. The van der Waals surface area contributed by atoms with Crippen LogP contribution in [0.2, 0.25) is 0 Å². The average molecular weight is 433 g/mol. The van der Waals surface area contributed by atoms with E-state index in [0.29, 0.717) is 30.8 Å². The molecule has 3 rings (SSSR count). The van der Waals surface area contributed by atoms with E-state index in [9.17, 15) is 13.2 Å². The number of piperidine rings is 1. The number of benzene rings is 1. The molecule has 1 fully saturated rings. The molecule has 30 heavy (non-hydrogen) atoms. The second-order valence-electron chi connectivity index (χ2n) is 7.54. The van der Waals surface area contributed by atoms with Crippen LogP contribution in [0.15, 0.2) is 35.2 Å². The van der Waals surface area contributed by atoms with Crippen LogP contribution >= 0.6 is 0 Å². The average Bonchev–Trinajstić information content (AvgIpc) is 2.75. The van der Waals surface area contributed by atoms with Gasteiger partial charge < -0.3 is 9.64 Å². The predicted molar refractivity (Wildman–Crippen MR) is 113 cm³/mol. The molecule has 0 radical (unpaired) electrons. The van der Waals surface area contributed by atoms with E-state index >= 15 is 0 Å². The summed E-state index contributed by atoms with van der Waals surface area (Å²) >= 11 is 0. The number of nitrogens with zero attached hydrogens (tertiary/aromatic N) is 4. The Kier molecular flexibility index (Phi) is 6.72. The zero-order chi connectivity index (χ0) is 21.9. The summed E-state index contributed by atoms with van der Waals surface area (Å²) < 4.78 is 32.5. The molecule has 1 saturated heterocycles. The molecule has 8 nitrogen and oxygen atoms in total. The second-order valence-corrected chi connectivity index (χ2v) is 9.48. The first-order valence-corrected chi connectivity index (χ1v) is 11.4. The van der Waals surface area contributed by atoms with Gasteiger partial charge in [-0.3, -0.25) is 4.79 Å². The first-order valence-electron chi connectivity index (χ1n) is 9.95. The van der Waals surface area contributed by atoms with Crippen LogP contribution in [0.4, 0.5) is 0 Å². The van der Waals surface area contributed by atoms with E-state index in [0.717, 1.165) is 17.0 Å². The van der Waals surface area contributed by atoms with Crippen molar-refractivity contribution < 1.29 is 17.9 Å². The van der Waals surface area contributed by atoms with Crippen LogP contribution in [-0.4, -0.2) is 66.3 Å². The van der Waals surface area contributed by atoms with Crippen LogP contribution in [0, 0.1) is 20.8 Å². The highest BCUT2D eigenvalue weighted by Crippen LogP contribution is 2.23. The third-order valence-corrected chi connectivity index (χ3v) is 7.60. The van der Waals surface area contributed by atoms with E-state index in [1.54, 1.807) is 42.3 Å². The molecule has 0 bridgehead atoms. The zero-order valence-electron chi connectivity index (χ0n) is 17.8. The molecule has 1 amide bonds. The number of ether oxygens (including phenoxy) is 1. The van der Waals surface area contributed by atoms with Crippen molar-refractivity contribution in [3.05, 3.63) is 47.3 Å². The van der Waals surface area contributed by atoms with Gasteiger partial charge in [-0.2, -0.15) is 4.31 Å². The highest BCUT2D eigenvalue weighted by Gasteiger charge is 2.32. The Balaban J connectivity index is 1.55. The molecule has 0 unspecified atom stereocenters. The lowest BCUT2D eigenvalue weighted by atomic mass is 10.1. The fourth-order valence-corrected chi connectivity index (χ4v) is 4.94. The molecular formula is C21H28N4O4S. The lowest BCUT2D eigenvalue weighted by Crippen LogP contribution is -2.48. The summed E-state index contributed by atoms with van der Waals surface area (Å²) in [6.07, 6.45) is 1.15. The Labute approximate surface area is 177 Å². The van der Waals surface area contributed by atoms with Crippen molar-refractivity contribution in [2.24, 2.45) is 0 Å².